The lowest BCUT2D eigenvalue weighted by Gasteiger charge is -2.34. The lowest BCUT2D eigenvalue weighted by Crippen LogP contribution is -2.44. The van der Waals surface area contributed by atoms with E-state index in [2.05, 4.69) is 25.8 Å². The van der Waals surface area contributed by atoms with Crippen LogP contribution in [-0.2, 0) is 0 Å². The van der Waals surface area contributed by atoms with Crippen molar-refractivity contribution < 1.29 is 5.11 Å². The molecule has 2 nitrogen and oxygen atoms in total. The molecule has 78 valence electrons. The maximum Gasteiger partial charge on any atom is 0.0589 e. The predicted octanol–water partition coefficient (Wildman–Crippen LogP) is 1.88. The monoisotopic (exact) mass is 185 g/mol. The fourth-order valence-corrected chi connectivity index (χ4v) is 2.39. The standard InChI is InChI=1S/C11H23NO/c1-9(2)11(8-13)12(3)10-6-4-5-7-10/h9-11,13H,4-8H2,1-3H3. The van der Waals surface area contributed by atoms with Gasteiger partial charge in [0.15, 0.2) is 0 Å². The van der Waals surface area contributed by atoms with Gasteiger partial charge in [-0.1, -0.05) is 26.7 Å². The first-order valence-electron chi connectivity index (χ1n) is 5.49. The molecule has 0 bridgehead atoms. The van der Waals surface area contributed by atoms with Gasteiger partial charge < -0.3 is 5.11 Å². The van der Waals surface area contributed by atoms with E-state index in [0.717, 1.165) is 6.04 Å². The minimum atomic E-state index is 0.296. The predicted molar refractivity (Wildman–Crippen MR) is 55.7 cm³/mol. The second kappa shape index (κ2) is 4.97. The van der Waals surface area contributed by atoms with Gasteiger partial charge in [-0.05, 0) is 25.8 Å². The average Bonchev–Trinajstić information content (AvgIpc) is 2.56. The molecule has 0 spiro atoms. The number of likely N-dealkylation sites (N-methyl/N-ethyl adjacent to an activating group) is 1. The largest absolute Gasteiger partial charge is 0.395 e. The van der Waals surface area contributed by atoms with E-state index in [0.29, 0.717) is 18.6 Å². The highest BCUT2D eigenvalue weighted by Crippen LogP contribution is 2.25. The number of hydrogen-bond acceptors (Lipinski definition) is 2. The maximum atomic E-state index is 9.29. The highest BCUT2D eigenvalue weighted by Gasteiger charge is 2.26. The first-order chi connectivity index (χ1) is 6.16. The van der Waals surface area contributed by atoms with Gasteiger partial charge in [-0.15, -0.1) is 0 Å². The Hall–Kier alpha value is -0.0800. The molecule has 0 heterocycles. The van der Waals surface area contributed by atoms with Gasteiger partial charge in [0.1, 0.15) is 0 Å². The molecule has 0 aliphatic heterocycles. The zero-order valence-corrected chi connectivity index (χ0v) is 9.16. The van der Waals surface area contributed by atoms with Gasteiger partial charge in [0, 0.05) is 12.1 Å². The molecule has 0 aromatic carbocycles. The van der Waals surface area contributed by atoms with E-state index >= 15 is 0 Å². The topological polar surface area (TPSA) is 23.5 Å². The summed E-state index contributed by atoms with van der Waals surface area (Å²) < 4.78 is 0. The minimum Gasteiger partial charge on any atom is -0.395 e. The van der Waals surface area contributed by atoms with Crippen LogP contribution in [0, 0.1) is 5.92 Å². The number of hydrogen-bond donors (Lipinski definition) is 1. The zero-order valence-electron chi connectivity index (χ0n) is 9.16. The normalized spacial score (nSPS) is 21.7. The number of rotatable bonds is 4. The van der Waals surface area contributed by atoms with Crippen molar-refractivity contribution in [2.75, 3.05) is 13.7 Å². The van der Waals surface area contributed by atoms with Gasteiger partial charge in [0.25, 0.3) is 0 Å². The molecule has 1 N–H and O–H groups in total. The first-order valence-corrected chi connectivity index (χ1v) is 5.49. The highest BCUT2D eigenvalue weighted by atomic mass is 16.3. The molecule has 0 aromatic heterocycles. The first kappa shape index (κ1) is 11.0. The molecule has 0 saturated heterocycles. The van der Waals surface area contributed by atoms with E-state index in [1.54, 1.807) is 0 Å². The van der Waals surface area contributed by atoms with Crippen molar-refractivity contribution in [3.8, 4) is 0 Å². The van der Waals surface area contributed by atoms with Crippen molar-refractivity contribution in [3.63, 3.8) is 0 Å². The Bertz CT molecular complexity index is 141. The van der Waals surface area contributed by atoms with Gasteiger partial charge in [-0.25, -0.2) is 0 Å². The lowest BCUT2D eigenvalue weighted by molar-refractivity contribution is 0.0802. The summed E-state index contributed by atoms with van der Waals surface area (Å²) in [4.78, 5) is 2.39. The van der Waals surface area contributed by atoms with Crippen LogP contribution in [0.2, 0.25) is 0 Å². The van der Waals surface area contributed by atoms with E-state index in [9.17, 15) is 5.11 Å². The van der Waals surface area contributed by atoms with Crippen LogP contribution >= 0.6 is 0 Å². The Labute approximate surface area is 81.9 Å². The van der Waals surface area contributed by atoms with E-state index in [1.165, 1.54) is 25.7 Å². The molecule has 13 heavy (non-hydrogen) atoms. The van der Waals surface area contributed by atoms with Crippen molar-refractivity contribution in [3.05, 3.63) is 0 Å². The average molecular weight is 185 g/mol. The minimum absolute atomic E-state index is 0.296. The summed E-state index contributed by atoms with van der Waals surface area (Å²) in [6.45, 7) is 4.67. The fraction of sp³-hybridized carbons (Fsp3) is 1.00. The van der Waals surface area contributed by atoms with Crippen molar-refractivity contribution in [2.45, 2.75) is 51.6 Å². The summed E-state index contributed by atoms with van der Waals surface area (Å²) in [5, 5.41) is 9.29. The smallest absolute Gasteiger partial charge is 0.0589 e. The second-order valence-electron chi connectivity index (χ2n) is 4.60. The van der Waals surface area contributed by atoms with Crippen molar-refractivity contribution in [2.24, 2.45) is 5.92 Å². The van der Waals surface area contributed by atoms with Gasteiger partial charge in [0.2, 0.25) is 0 Å². The molecule has 0 radical (unpaired) electrons. The molecule has 1 atom stereocenters. The van der Waals surface area contributed by atoms with Crippen LogP contribution in [0.15, 0.2) is 0 Å². The Balaban J connectivity index is 2.46. The van der Waals surface area contributed by atoms with Crippen molar-refractivity contribution >= 4 is 0 Å². The lowest BCUT2D eigenvalue weighted by atomic mass is 10.0. The number of aliphatic hydroxyl groups excluding tert-OH is 1. The Morgan fingerprint density at radius 1 is 1.31 bits per heavy atom. The van der Waals surface area contributed by atoms with Crippen LogP contribution < -0.4 is 0 Å². The zero-order chi connectivity index (χ0) is 9.84. The van der Waals surface area contributed by atoms with Crippen molar-refractivity contribution in [1.29, 1.82) is 0 Å². The van der Waals surface area contributed by atoms with Crippen LogP contribution in [0.5, 0.6) is 0 Å². The van der Waals surface area contributed by atoms with Gasteiger partial charge in [-0.3, -0.25) is 4.90 Å². The summed E-state index contributed by atoms with van der Waals surface area (Å²) in [7, 11) is 2.16. The van der Waals surface area contributed by atoms with Gasteiger partial charge in [-0.2, -0.15) is 0 Å². The molecule has 1 saturated carbocycles. The van der Waals surface area contributed by atoms with Crippen LogP contribution in [0.1, 0.15) is 39.5 Å². The molecule has 0 amide bonds. The van der Waals surface area contributed by atoms with E-state index in [-0.39, 0.29) is 0 Å². The summed E-state index contributed by atoms with van der Waals surface area (Å²) in [5.41, 5.74) is 0. The molecule has 1 aliphatic carbocycles. The third-order valence-electron chi connectivity index (χ3n) is 3.38. The summed E-state index contributed by atoms with van der Waals surface area (Å²) in [5.74, 6) is 0.551. The Kier molecular flexibility index (Phi) is 4.20. The molecule has 1 aliphatic rings. The van der Waals surface area contributed by atoms with Crippen molar-refractivity contribution in [1.82, 2.24) is 4.90 Å². The fourth-order valence-electron chi connectivity index (χ4n) is 2.39. The van der Waals surface area contributed by atoms with Crippen LogP contribution in [0.4, 0.5) is 0 Å². The van der Waals surface area contributed by atoms with E-state index in [4.69, 9.17) is 0 Å². The van der Waals surface area contributed by atoms with Gasteiger partial charge in [0.05, 0.1) is 6.61 Å². The number of aliphatic hydroxyl groups is 1. The highest BCUT2D eigenvalue weighted by molar-refractivity contribution is 4.81. The molecular weight excluding hydrogens is 162 g/mol. The molecule has 0 aromatic rings. The molecular formula is C11H23NO. The van der Waals surface area contributed by atoms with Crippen LogP contribution in [0.3, 0.4) is 0 Å². The SMILES string of the molecule is CC(C)C(CO)N(C)C1CCCC1. The molecule has 1 fully saturated rings. The second-order valence-corrected chi connectivity index (χ2v) is 4.60. The molecule has 1 unspecified atom stereocenters. The van der Waals surface area contributed by atoms with Crippen LogP contribution in [-0.4, -0.2) is 35.7 Å². The maximum absolute atomic E-state index is 9.29. The summed E-state index contributed by atoms with van der Waals surface area (Å²) >= 11 is 0. The third-order valence-corrected chi connectivity index (χ3v) is 3.38. The third kappa shape index (κ3) is 2.68. The Morgan fingerprint density at radius 3 is 2.23 bits per heavy atom. The molecule has 1 rings (SSSR count). The van der Waals surface area contributed by atoms with Crippen LogP contribution in [0.25, 0.3) is 0 Å². The number of nitrogens with zero attached hydrogens (tertiary/aromatic N) is 1. The van der Waals surface area contributed by atoms with E-state index < -0.39 is 0 Å². The van der Waals surface area contributed by atoms with Gasteiger partial charge >= 0.3 is 0 Å². The molecule has 2 heteroatoms. The Morgan fingerprint density at radius 2 is 1.85 bits per heavy atom. The summed E-state index contributed by atoms with van der Waals surface area (Å²) in [6, 6.07) is 1.07. The quantitative estimate of drug-likeness (QED) is 0.723. The van der Waals surface area contributed by atoms with E-state index in [1.807, 2.05) is 0 Å². The summed E-state index contributed by atoms with van der Waals surface area (Å²) in [6.07, 6.45) is 5.37.